The van der Waals surface area contributed by atoms with Crippen LogP contribution in [0.4, 0.5) is 14.5 Å². The largest absolute Gasteiger partial charge is 0.293 e. The van der Waals surface area contributed by atoms with Gasteiger partial charge in [0.2, 0.25) is 0 Å². The van der Waals surface area contributed by atoms with Crippen LogP contribution in [0.25, 0.3) is 0 Å². The van der Waals surface area contributed by atoms with Gasteiger partial charge in [-0.15, -0.1) is 0 Å². The van der Waals surface area contributed by atoms with E-state index in [4.69, 9.17) is 10.5 Å². The highest BCUT2D eigenvalue weighted by Gasteiger charge is 2.23. The van der Waals surface area contributed by atoms with E-state index < -0.39 is 34.7 Å². The maximum atomic E-state index is 12.5. The quantitative estimate of drug-likeness (QED) is 0.590. The summed E-state index contributed by atoms with van der Waals surface area (Å²) in [6.45, 7) is 0. The molecule has 8 heteroatoms. The molecule has 1 aromatic heterocycles. The zero-order valence-electron chi connectivity index (χ0n) is 8.22. The van der Waals surface area contributed by atoms with Crippen LogP contribution in [0, 0.1) is 32.8 Å². The monoisotopic (exact) mass is 238 g/mol. The van der Waals surface area contributed by atoms with Crippen molar-refractivity contribution in [1.82, 2.24) is 4.98 Å². The average Bonchev–Trinajstić information content (AvgIpc) is 2.28. The lowest BCUT2D eigenvalue weighted by Crippen LogP contribution is -2.04. The molecule has 0 unspecified atom stereocenters. The Labute approximate surface area is 93.9 Å². The van der Waals surface area contributed by atoms with Crippen LogP contribution in [0.3, 0.4) is 0 Å². The van der Waals surface area contributed by atoms with Gasteiger partial charge in [-0.25, -0.2) is 13.8 Å². The van der Waals surface area contributed by atoms with Crippen molar-refractivity contribution in [3.8, 4) is 12.1 Å². The highest BCUT2D eigenvalue weighted by atomic mass is 19.3. The summed E-state index contributed by atoms with van der Waals surface area (Å²) in [5, 5.41) is 27.6. The molecule has 0 bridgehead atoms. The smallest absolute Gasteiger partial charge is 0.258 e. The molecule has 0 spiro atoms. The highest BCUT2D eigenvalue weighted by Crippen LogP contribution is 2.26. The van der Waals surface area contributed by atoms with E-state index in [1.807, 2.05) is 0 Å². The van der Waals surface area contributed by atoms with Crippen molar-refractivity contribution in [3.63, 3.8) is 0 Å². The van der Waals surface area contributed by atoms with Gasteiger partial charge in [0.15, 0.2) is 0 Å². The van der Waals surface area contributed by atoms with Crippen LogP contribution in [-0.2, 0) is 6.42 Å². The van der Waals surface area contributed by atoms with Crippen LogP contribution in [0.5, 0.6) is 0 Å². The first-order chi connectivity index (χ1) is 8.01. The summed E-state index contributed by atoms with van der Waals surface area (Å²) < 4.78 is 25.0. The SMILES string of the molecule is N#CCc1nc(C(F)F)c(C#N)cc1[N+](=O)[O-]. The summed E-state index contributed by atoms with van der Waals surface area (Å²) in [6.07, 6.45) is -3.50. The Balaban J connectivity index is 3.50. The molecule has 0 aliphatic carbocycles. The maximum absolute atomic E-state index is 12.5. The van der Waals surface area contributed by atoms with Gasteiger partial charge in [0.25, 0.3) is 12.1 Å². The second-order valence-electron chi connectivity index (χ2n) is 2.89. The fourth-order valence-corrected chi connectivity index (χ4v) is 1.18. The first-order valence-corrected chi connectivity index (χ1v) is 4.24. The van der Waals surface area contributed by atoms with E-state index in [2.05, 4.69) is 4.98 Å². The van der Waals surface area contributed by atoms with Gasteiger partial charge in [0, 0.05) is 6.07 Å². The number of nitrogens with zero attached hydrogens (tertiary/aromatic N) is 4. The highest BCUT2D eigenvalue weighted by molar-refractivity contribution is 5.47. The lowest BCUT2D eigenvalue weighted by Gasteiger charge is -2.04. The second-order valence-corrected chi connectivity index (χ2v) is 2.89. The van der Waals surface area contributed by atoms with Crippen LogP contribution < -0.4 is 0 Å². The van der Waals surface area contributed by atoms with Gasteiger partial charge < -0.3 is 0 Å². The van der Waals surface area contributed by atoms with Crippen molar-refractivity contribution in [2.45, 2.75) is 12.8 Å². The van der Waals surface area contributed by atoms with Crippen molar-refractivity contribution in [2.75, 3.05) is 0 Å². The van der Waals surface area contributed by atoms with Crippen LogP contribution in [0.1, 0.15) is 23.4 Å². The van der Waals surface area contributed by atoms with Gasteiger partial charge in [0.1, 0.15) is 17.5 Å². The molecule has 0 fully saturated rings. The number of rotatable bonds is 3. The molecule has 1 aromatic rings. The van der Waals surface area contributed by atoms with Gasteiger partial charge in [-0.2, -0.15) is 10.5 Å². The number of pyridine rings is 1. The van der Waals surface area contributed by atoms with Crippen LogP contribution in [-0.4, -0.2) is 9.91 Å². The maximum Gasteiger partial charge on any atom is 0.293 e. The van der Waals surface area contributed by atoms with Crippen molar-refractivity contribution in [3.05, 3.63) is 33.1 Å². The van der Waals surface area contributed by atoms with Gasteiger partial charge in [-0.05, 0) is 0 Å². The molecule has 0 atom stereocenters. The fraction of sp³-hybridized carbons (Fsp3) is 0.222. The Hall–Kier alpha value is -2.61. The molecule has 17 heavy (non-hydrogen) atoms. The lowest BCUT2D eigenvalue weighted by atomic mass is 10.1. The zero-order valence-corrected chi connectivity index (χ0v) is 8.22. The molecule has 0 saturated carbocycles. The molecular weight excluding hydrogens is 234 g/mol. The molecule has 0 radical (unpaired) electrons. The molecule has 0 saturated heterocycles. The summed E-state index contributed by atoms with van der Waals surface area (Å²) in [7, 11) is 0. The molecular formula is C9H4F2N4O2. The number of hydrogen-bond donors (Lipinski definition) is 0. The molecule has 1 heterocycles. The molecule has 0 aliphatic rings. The van der Waals surface area contributed by atoms with E-state index in [0.29, 0.717) is 6.07 Å². The van der Waals surface area contributed by atoms with Crippen molar-refractivity contribution in [2.24, 2.45) is 0 Å². The molecule has 86 valence electrons. The second kappa shape index (κ2) is 4.94. The van der Waals surface area contributed by atoms with Crippen molar-refractivity contribution >= 4 is 5.69 Å². The first-order valence-electron chi connectivity index (χ1n) is 4.24. The molecule has 0 aromatic carbocycles. The van der Waals surface area contributed by atoms with E-state index in [9.17, 15) is 18.9 Å². The minimum Gasteiger partial charge on any atom is -0.258 e. The third kappa shape index (κ3) is 2.49. The molecule has 1 rings (SSSR count). The third-order valence-electron chi connectivity index (χ3n) is 1.88. The number of alkyl halides is 2. The van der Waals surface area contributed by atoms with Gasteiger partial charge in [-0.1, -0.05) is 0 Å². The van der Waals surface area contributed by atoms with Gasteiger partial charge in [-0.3, -0.25) is 10.1 Å². The van der Waals surface area contributed by atoms with E-state index in [0.717, 1.165) is 0 Å². The minimum atomic E-state index is -3.03. The summed E-state index contributed by atoms with van der Waals surface area (Å²) in [5.74, 6) is 0. The normalized spacial score (nSPS) is 9.71. The van der Waals surface area contributed by atoms with Gasteiger partial charge >= 0.3 is 0 Å². The summed E-state index contributed by atoms with van der Waals surface area (Å²) in [5.41, 5.74) is -2.38. The summed E-state index contributed by atoms with van der Waals surface area (Å²) >= 11 is 0. The van der Waals surface area contributed by atoms with Gasteiger partial charge in [0.05, 0.1) is 23.0 Å². The van der Waals surface area contributed by atoms with Crippen LogP contribution in [0.15, 0.2) is 6.07 Å². The number of halogens is 2. The predicted molar refractivity (Wildman–Crippen MR) is 49.9 cm³/mol. The number of hydrogen-bond acceptors (Lipinski definition) is 5. The topological polar surface area (TPSA) is 104 Å². The van der Waals surface area contributed by atoms with Crippen LogP contribution >= 0.6 is 0 Å². The summed E-state index contributed by atoms with van der Waals surface area (Å²) in [4.78, 5) is 13.1. The third-order valence-corrected chi connectivity index (χ3v) is 1.88. The Morgan fingerprint density at radius 1 is 1.53 bits per heavy atom. The van der Waals surface area contributed by atoms with Crippen molar-refractivity contribution < 1.29 is 13.7 Å². The summed E-state index contributed by atoms with van der Waals surface area (Å²) in [6, 6.07) is 3.71. The molecule has 0 aliphatic heterocycles. The van der Waals surface area contributed by atoms with E-state index >= 15 is 0 Å². The molecule has 6 nitrogen and oxygen atoms in total. The van der Waals surface area contributed by atoms with E-state index in [-0.39, 0.29) is 5.69 Å². The van der Waals surface area contributed by atoms with Crippen LogP contribution in [0.2, 0.25) is 0 Å². The Kier molecular flexibility index (Phi) is 3.62. The number of aromatic nitrogens is 1. The van der Waals surface area contributed by atoms with E-state index in [1.165, 1.54) is 6.07 Å². The number of nitro groups is 1. The predicted octanol–water partition coefficient (Wildman–Crippen LogP) is 1.87. The molecule has 0 amide bonds. The Morgan fingerprint density at radius 2 is 2.18 bits per heavy atom. The Morgan fingerprint density at radius 3 is 2.59 bits per heavy atom. The lowest BCUT2D eigenvalue weighted by molar-refractivity contribution is -0.385. The fourth-order valence-electron chi connectivity index (χ4n) is 1.18. The van der Waals surface area contributed by atoms with Crippen molar-refractivity contribution in [1.29, 1.82) is 10.5 Å². The zero-order chi connectivity index (χ0) is 13.0. The number of nitriles is 2. The Bertz CT molecular complexity index is 545. The molecule has 0 N–H and O–H groups in total. The standard InChI is InChI=1S/C9H4F2N4O2/c10-9(11)8-5(4-13)3-7(15(16)17)6(14-8)1-2-12/h3,9H,1H2. The van der Waals surface area contributed by atoms with E-state index in [1.54, 1.807) is 6.07 Å². The minimum absolute atomic E-state index is 0.369. The average molecular weight is 238 g/mol. The first kappa shape index (κ1) is 12.5.